The van der Waals surface area contributed by atoms with Crippen molar-refractivity contribution in [1.82, 2.24) is 24.3 Å². The van der Waals surface area contributed by atoms with Gasteiger partial charge in [0.15, 0.2) is 23.3 Å². The molecule has 10 heteroatoms. The van der Waals surface area contributed by atoms with Crippen LogP contribution in [0.1, 0.15) is 40.8 Å². The molecule has 2 atom stereocenters. The Morgan fingerprint density at radius 3 is 2.57 bits per heavy atom. The Morgan fingerprint density at radius 2 is 1.89 bits per heavy atom. The topological polar surface area (TPSA) is 78.0 Å². The number of benzene rings is 2. The molecule has 4 aromatic rings. The molecule has 1 aliphatic rings. The lowest BCUT2D eigenvalue weighted by Crippen LogP contribution is -2.30. The smallest absolute Gasteiger partial charge is 0.194 e. The van der Waals surface area contributed by atoms with Gasteiger partial charge in [0.2, 0.25) is 0 Å². The van der Waals surface area contributed by atoms with Crippen LogP contribution >= 0.6 is 0 Å². The van der Waals surface area contributed by atoms with E-state index in [1.807, 2.05) is 42.0 Å². The summed E-state index contributed by atoms with van der Waals surface area (Å²) in [5, 5.41) is 15.0. The number of fused-ring (bicyclic) bond motifs is 1. The van der Waals surface area contributed by atoms with Crippen LogP contribution < -0.4 is 4.74 Å². The van der Waals surface area contributed by atoms with Crippen molar-refractivity contribution in [2.75, 3.05) is 7.11 Å². The number of hydrogen-bond acceptors (Lipinski definition) is 5. The van der Waals surface area contributed by atoms with E-state index in [9.17, 15) is 18.3 Å². The maximum atomic E-state index is 13.8. The number of aromatic nitrogens is 5. The fourth-order valence-electron chi connectivity index (χ4n) is 4.29. The Morgan fingerprint density at radius 1 is 1.11 bits per heavy atom. The second kappa shape index (κ2) is 9.03. The number of imidazole rings is 1. The Bertz CT molecular complexity index is 1410. The number of halogens is 3. The summed E-state index contributed by atoms with van der Waals surface area (Å²) in [7, 11) is 1.59. The highest BCUT2D eigenvalue weighted by Crippen LogP contribution is 2.34. The number of aliphatic hydroxyl groups excluding tert-OH is 1. The number of hydrogen-bond donors (Lipinski definition) is 1. The van der Waals surface area contributed by atoms with Crippen molar-refractivity contribution in [1.29, 1.82) is 0 Å². The third kappa shape index (κ3) is 4.32. The summed E-state index contributed by atoms with van der Waals surface area (Å²) in [6, 6.07) is 7.48. The van der Waals surface area contributed by atoms with Gasteiger partial charge in [-0.15, -0.1) is 0 Å². The molecule has 0 amide bonds. The lowest BCUT2D eigenvalue weighted by Gasteiger charge is -2.27. The molecule has 1 N–H and O–H groups in total. The molecule has 0 radical (unpaired) electrons. The molecule has 7 nitrogen and oxygen atoms in total. The summed E-state index contributed by atoms with van der Waals surface area (Å²) in [4.78, 5) is 8.73. The lowest BCUT2D eigenvalue weighted by atomic mass is 9.88. The summed E-state index contributed by atoms with van der Waals surface area (Å²) in [5.74, 6) is -3.62. The largest absolute Gasteiger partial charge is 0.495 e. The van der Waals surface area contributed by atoms with Gasteiger partial charge in [-0.2, -0.15) is 5.10 Å². The van der Waals surface area contributed by atoms with E-state index in [0.717, 1.165) is 29.1 Å². The van der Waals surface area contributed by atoms with Crippen LogP contribution in [-0.2, 0) is 6.54 Å². The monoisotopic (exact) mass is 481 g/mol. The molecule has 0 fully saturated rings. The average molecular weight is 481 g/mol. The van der Waals surface area contributed by atoms with Gasteiger partial charge in [0.1, 0.15) is 11.6 Å². The number of rotatable bonds is 5. The van der Waals surface area contributed by atoms with Gasteiger partial charge < -0.3 is 14.4 Å². The second-order valence-electron chi connectivity index (χ2n) is 8.37. The number of methoxy groups -OCH3 is 1. The van der Waals surface area contributed by atoms with Crippen LogP contribution in [0.4, 0.5) is 13.2 Å². The Hall–Kier alpha value is -3.92. The molecule has 2 aromatic carbocycles. The summed E-state index contributed by atoms with van der Waals surface area (Å²) >= 11 is 0. The normalized spacial score (nSPS) is 17.7. The molecule has 3 heterocycles. The maximum Gasteiger partial charge on any atom is 0.194 e. The van der Waals surface area contributed by atoms with E-state index in [1.165, 1.54) is 0 Å². The molecule has 0 spiro atoms. The number of nitrogens with zero attached hydrogens (tertiary/aromatic N) is 5. The molecule has 0 unspecified atom stereocenters. The summed E-state index contributed by atoms with van der Waals surface area (Å²) in [6.45, 7) is 2.30. The number of aliphatic hydroxyl groups is 1. The molecule has 0 aliphatic carbocycles. The lowest BCUT2D eigenvalue weighted by molar-refractivity contribution is 0.118. The molecule has 2 aromatic heterocycles. The van der Waals surface area contributed by atoms with Gasteiger partial charge in [0.05, 0.1) is 36.8 Å². The number of ether oxygens (including phenoxy) is 1. The highest BCUT2D eigenvalue weighted by molar-refractivity contribution is 5.69. The minimum atomic E-state index is -1.55. The SMILES string of the molecule is COc1cc(C=Cc2nc3n(n2)CC[C@@H](O)[C@H]3c2cc(F)c(F)c(F)c2)ccc1-n1cnc(C)c1. The molecule has 0 saturated carbocycles. The van der Waals surface area contributed by atoms with Crippen LogP contribution in [0.25, 0.3) is 17.8 Å². The first-order valence-corrected chi connectivity index (χ1v) is 11.0. The van der Waals surface area contributed by atoms with Gasteiger partial charge in [-0.1, -0.05) is 12.1 Å². The first-order chi connectivity index (χ1) is 16.8. The van der Waals surface area contributed by atoms with Gasteiger partial charge in [0.25, 0.3) is 0 Å². The highest BCUT2D eigenvalue weighted by atomic mass is 19.2. The van der Waals surface area contributed by atoms with Crippen molar-refractivity contribution in [3.05, 3.63) is 88.8 Å². The van der Waals surface area contributed by atoms with E-state index in [4.69, 9.17) is 4.74 Å². The molecule has 5 rings (SSSR count). The highest BCUT2D eigenvalue weighted by Gasteiger charge is 2.34. The van der Waals surface area contributed by atoms with E-state index in [2.05, 4.69) is 15.1 Å². The predicted octanol–water partition coefficient (Wildman–Crippen LogP) is 4.27. The second-order valence-corrected chi connectivity index (χ2v) is 8.37. The van der Waals surface area contributed by atoms with E-state index in [1.54, 1.807) is 24.2 Å². The van der Waals surface area contributed by atoms with Crippen LogP contribution in [0.3, 0.4) is 0 Å². The zero-order valence-corrected chi connectivity index (χ0v) is 19.0. The van der Waals surface area contributed by atoms with E-state index in [0.29, 0.717) is 30.4 Å². The Balaban J connectivity index is 1.44. The minimum absolute atomic E-state index is 0.104. The fourth-order valence-corrected chi connectivity index (χ4v) is 4.29. The van der Waals surface area contributed by atoms with Crippen molar-refractivity contribution >= 4 is 12.2 Å². The molecular formula is C25H22F3N5O2. The van der Waals surface area contributed by atoms with Gasteiger partial charge in [-0.05, 0) is 54.8 Å². The van der Waals surface area contributed by atoms with E-state index >= 15 is 0 Å². The van der Waals surface area contributed by atoms with E-state index < -0.39 is 29.5 Å². The van der Waals surface area contributed by atoms with Crippen LogP contribution in [-0.4, -0.2) is 42.6 Å². The molecule has 1 aliphatic heterocycles. The Kier molecular flexibility index (Phi) is 5.89. The maximum absolute atomic E-state index is 13.8. The van der Waals surface area contributed by atoms with Gasteiger partial charge in [-0.3, -0.25) is 0 Å². The molecule has 0 saturated heterocycles. The first-order valence-electron chi connectivity index (χ1n) is 11.0. The summed E-state index contributed by atoms with van der Waals surface area (Å²) in [5.41, 5.74) is 2.68. The average Bonchev–Trinajstić information content (AvgIpc) is 3.46. The van der Waals surface area contributed by atoms with Crippen LogP contribution in [0, 0.1) is 24.4 Å². The van der Waals surface area contributed by atoms with Crippen molar-refractivity contribution in [3.63, 3.8) is 0 Å². The quantitative estimate of drug-likeness (QED) is 0.431. The standard InChI is InChI=1S/C25H22F3N5O2/c1-14-12-32(13-29-14)19-5-3-15(9-21(19)35-2)4-6-22-30-25-23(20(34)7-8-33(25)31-22)16-10-17(26)24(28)18(27)11-16/h3-6,9-13,20,23,34H,7-8H2,1-2H3/t20-,23-/m1/s1. The zero-order valence-electron chi connectivity index (χ0n) is 19.0. The molecule has 180 valence electrons. The van der Waals surface area contributed by atoms with Crippen LogP contribution in [0.15, 0.2) is 42.9 Å². The third-order valence-corrected chi connectivity index (χ3v) is 6.00. The summed E-state index contributed by atoms with van der Waals surface area (Å²) < 4.78 is 50.1. The van der Waals surface area contributed by atoms with E-state index in [-0.39, 0.29) is 5.56 Å². The zero-order chi connectivity index (χ0) is 24.7. The molecular weight excluding hydrogens is 459 g/mol. The van der Waals surface area contributed by atoms with Gasteiger partial charge >= 0.3 is 0 Å². The first kappa shape index (κ1) is 22.9. The predicted molar refractivity (Wildman–Crippen MR) is 123 cm³/mol. The van der Waals surface area contributed by atoms with Crippen molar-refractivity contribution < 1.29 is 23.0 Å². The molecule has 35 heavy (non-hydrogen) atoms. The molecule has 0 bridgehead atoms. The van der Waals surface area contributed by atoms with Gasteiger partial charge in [-0.25, -0.2) is 27.8 Å². The van der Waals surface area contributed by atoms with Crippen molar-refractivity contribution in [2.24, 2.45) is 0 Å². The summed E-state index contributed by atoms with van der Waals surface area (Å²) in [6.07, 6.45) is 6.52. The number of aryl methyl sites for hydroxylation is 2. The third-order valence-electron chi connectivity index (χ3n) is 6.00. The van der Waals surface area contributed by atoms with Crippen LogP contribution in [0.2, 0.25) is 0 Å². The fraction of sp³-hybridized carbons (Fsp3) is 0.240. The van der Waals surface area contributed by atoms with Crippen LogP contribution in [0.5, 0.6) is 5.75 Å². The Labute approximate surface area is 199 Å². The van der Waals surface area contributed by atoms with Crippen molar-refractivity contribution in [3.8, 4) is 11.4 Å². The van der Waals surface area contributed by atoms with Crippen molar-refractivity contribution in [2.45, 2.75) is 31.9 Å². The van der Waals surface area contributed by atoms with Gasteiger partial charge in [0, 0.05) is 12.7 Å². The minimum Gasteiger partial charge on any atom is -0.495 e.